The first-order valence-electron chi connectivity index (χ1n) is 6.69. The molecule has 0 aromatic heterocycles. The van der Waals surface area contributed by atoms with Crippen molar-refractivity contribution in [2.45, 2.75) is 19.6 Å². The van der Waals surface area contributed by atoms with Crippen molar-refractivity contribution < 1.29 is 0 Å². The molecule has 0 amide bonds. The van der Waals surface area contributed by atoms with Crippen LogP contribution in [0.25, 0.3) is 0 Å². The highest BCUT2D eigenvalue weighted by Crippen LogP contribution is 1.98. The predicted molar refractivity (Wildman–Crippen MR) is 90.4 cm³/mol. The molecule has 0 aliphatic carbocycles. The van der Waals surface area contributed by atoms with Gasteiger partial charge in [-0.3, -0.25) is 0 Å². The molecular weight excluding hydrogens is 260 g/mol. The van der Waals surface area contributed by atoms with Gasteiger partial charge in [0.05, 0.1) is 0 Å². The van der Waals surface area contributed by atoms with E-state index < -0.39 is 16.9 Å². The molecule has 0 nitrogen and oxygen atoms in total. The highest BCUT2D eigenvalue weighted by atomic mass is 28.3. The second kappa shape index (κ2) is 6.05. The first-order chi connectivity index (χ1) is 9.06. The molecule has 0 aliphatic heterocycles. The van der Waals surface area contributed by atoms with Gasteiger partial charge in [0.15, 0.2) is 8.80 Å². The molecular formula is C17H20Si2. The highest BCUT2D eigenvalue weighted by Gasteiger charge is 2.15. The summed E-state index contributed by atoms with van der Waals surface area (Å²) in [7, 11) is -2.69. The summed E-state index contributed by atoms with van der Waals surface area (Å²) in [6.45, 7) is 6.92. The van der Waals surface area contributed by atoms with Gasteiger partial charge >= 0.3 is 0 Å². The van der Waals surface area contributed by atoms with Crippen LogP contribution in [0.1, 0.15) is 0 Å². The van der Waals surface area contributed by atoms with Crippen LogP contribution in [-0.2, 0) is 0 Å². The van der Waals surface area contributed by atoms with Gasteiger partial charge in [0.25, 0.3) is 0 Å². The third-order valence-corrected chi connectivity index (χ3v) is 6.58. The summed E-state index contributed by atoms with van der Waals surface area (Å²) in [6, 6.07) is 21.5. The first kappa shape index (κ1) is 13.9. The molecule has 19 heavy (non-hydrogen) atoms. The lowest BCUT2D eigenvalue weighted by atomic mass is 10.4. The molecule has 0 spiro atoms. The Balaban J connectivity index is 2.42. The lowest BCUT2D eigenvalue weighted by molar-refractivity contribution is 1.74. The zero-order valence-electron chi connectivity index (χ0n) is 11.9. The minimum absolute atomic E-state index is 1.31. The van der Waals surface area contributed by atoms with Crippen LogP contribution in [0, 0.1) is 11.1 Å². The molecule has 0 radical (unpaired) electrons. The van der Waals surface area contributed by atoms with Crippen LogP contribution in [0.15, 0.2) is 60.7 Å². The molecule has 0 bridgehead atoms. The summed E-state index contributed by atoms with van der Waals surface area (Å²) in [6.07, 6.45) is 0. The van der Waals surface area contributed by atoms with E-state index in [1.54, 1.807) is 0 Å². The fraction of sp³-hybridized carbons (Fsp3) is 0.176. The molecule has 0 saturated heterocycles. The van der Waals surface area contributed by atoms with Crippen molar-refractivity contribution in [2.75, 3.05) is 0 Å². The van der Waals surface area contributed by atoms with E-state index >= 15 is 0 Å². The summed E-state index contributed by atoms with van der Waals surface area (Å²) >= 11 is 0. The van der Waals surface area contributed by atoms with Gasteiger partial charge in [-0.1, -0.05) is 80.3 Å². The summed E-state index contributed by atoms with van der Waals surface area (Å²) < 4.78 is 0. The van der Waals surface area contributed by atoms with Crippen molar-refractivity contribution >= 4 is 27.2 Å². The fourth-order valence-corrected chi connectivity index (χ4v) is 6.18. The average molecular weight is 281 g/mol. The molecule has 0 unspecified atom stereocenters. The first-order valence-corrected chi connectivity index (χ1v) is 11.9. The smallest absolute Gasteiger partial charge is 0.138 e. The van der Waals surface area contributed by atoms with Gasteiger partial charge in [0, 0.05) is 0 Å². The van der Waals surface area contributed by atoms with Crippen molar-refractivity contribution in [1.29, 1.82) is 0 Å². The Labute approximate surface area is 119 Å². The van der Waals surface area contributed by atoms with Gasteiger partial charge in [-0.2, -0.15) is 0 Å². The molecule has 0 saturated carbocycles. The van der Waals surface area contributed by atoms with E-state index in [0.29, 0.717) is 0 Å². The zero-order valence-corrected chi connectivity index (χ0v) is 14.0. The second-order valence-corrected chi connectivity index (χ2v) is 13.0. The lowest BCUT2D eigenvalue weighted by Crippen LogP contribution is -2.41. The summed E-state index contributed by atoms with van der Waals surface area (Å²) in [5, 5.41) is 2.83. The molecule has 96 valence electrons. The third-order valence-electron chi connectivity index (χ3n) is 2.86. The van der Waals surface area contributed by atoms with Gasteiger partial charge in [-0.25, -0.2) is 0 Å². The van der Waals surface area contributed by atoms with Gasteiger partial charge in [-0.15, -0.1) is 11.1 Å². The number of benzene rings is 2. The van der Waals surface area contributed by atoms with Crippen molar-refractivity contribution in [3.8, 4) is 11.1 Å². The SMILES string of the molecule is C[Si](C)(C)C#C[SiH](c1ccccc1)c1ccccc1. The van der Waals surface area contributed by atoms with E-state index in [1.165, 1.54) is 10.4 Å². The van der Waals surface area contributed by atoms with Crippen LogP contribution in [0.4, 0.5) is 0 Å². The Morgan fingerprint density at radius 2 is 1.16 bits per heavy atom. The Morgan fingerprint density at radius 3 is 1.53 bits per heavy atom. The lowest BCUT2D eigenvalue weighted by Gasteiger charge is -2.11. The molecule has 0 fully saturated rings. The number of rotatable bonds is 2. The molecule has 0 atom stereocenters. The monoisotopic (exact) mass is 280 g/mol. The Bertz CT molecular complexity index is 532. The van der Waals surface area contributed by atoms with Gasteiger partial charge in [0.1, 0.15) is 8.07 Å². The van der Waals surface area contributed by atoms with E-state index in [2.05, 4.69) is 91.4 Å². The Morgan fingerprint density at radius 1 is 0.737 bits per heavy atom. The zero-order chi connectivity index (χ0) is 13.7. The number of hydrogen-bond donors (Lipinski definition) is 0. The van der Waals surface area contributed by atoms with E-state index in [0.717, 1.165) is 0 Å². The largest absolute Gasteiger partial charge is 0.182 e. The average Bonchev–Trinajstić information content (AvgIpc) is 2.40. The predicted octanol–water partition coefficient (Wildman–Crippen LogP) is 2.45. The summed E-state index contributed by atoms with van der Waals surface area (Å²) in [5.74, 6) is 0. The third kappa shape index (κ3) is 4.23. The van der Waals surface area contributed by atoms with Crippen molar-refractivity contribution in [1.82, 2.24) is 0 Å². The molecule has 2 rings (SSSR count). The molecule has 2 aromatic rings. The summed E-state index contributed by atoms with van der Waals surface area (Å²) in [4.78, 5) is 0. The normalized spacial score (nSPS) is 10.9. The maximum absolute atomic E-state index is 3.64. The van der Waals surface area contributed by atoms with E-state index in [1.807, 2.05) is 0 Å². The molecule has 0 heterocycles. The minimum Gasteiger partial charge on any atom is -0.138 e. The maximum atomic E-state index is 3.64. The molecule has 0 N–H and O–H groups in total. The highest BCUT2D eigenvalue weighted by molar-refractivity contribution is 6.93. The number of hydrogen-bond acceptors (Lipinski definition) is 0. The fourth-order valence-electron chi connectivity index (χ4n) is 1.94. The van der Waals surface area contributed by atoms with Crippen molar-refractivity contribution in [3.05, 3.63) is 60.7 Å². The molecule has 2 aromatic carbocycles. The van der Waals surface area contributed by atoms with E-state index in [-0.39, 0.29) is 0 Å². The van der Waals surface area contributed by atoms with E-state index in [4.69, 9.17) is 0 Å². The molecule has 0 aliphatic rings. The summed E-state index contributed by atoms with van der Waals surface area (Å²) in [5.41, 5.74) is 7.21. The standard InChI is InChI=1S/C17H20Si2/c1-19(2,3)15-14-18(16-10-6-4-7-11-16)17-12-8-5-9-13-17/h4-13,18H,1-3H3. The minimum atomic E-state index is -1.38. The van der Waals surface area contributed by atoms with Gasteiger partial charge < -0.3 is 0 Å². The van der Waals surface area contributed by atoms with Crippen LogP contribution in [0.2, 0.25) is 19.6 Å². The quantitative estimate of drug-likeness (QED) is 0.585. The van der Waals surface area contributed by atoms with E-state index in [9.17, 15) is 0 Å². The van der Waals surface area contributed by atoms with Crippen LogP contribution >= 0.6 is 0 Å². The molecule has 2 heteroatoms. The van der Waals surface area contributed by atoms with Gasteiger partial charge in [-0.05, 0) is 10.4 Å². The van der Waals surface area contributed by atoms with Gasteiger partial charge in [0.2, 0.25) is 0 Å². The van der Waals surface area contributed by atoms with Crippen molar-refractivity contribution in [3.63, 3.8) is 0 Å². The maximum Gasteiger partial charge on any atom is 0.182 e. The second-order valence-electron chi connectivity index (χ2n) is 5.77. The topological polar surface area (TPSA) is 0 Å². The Kier molecular flexibility index (Phi) is 4.41. The van der Waals surface area contributed by atoms with Crippen molar-refractivity contribution in [2.24, 2.45) is 0 Å². The van der Waals surface area contributed by atoms with Crippen LogP contribution in [-0.4, -0.2) is 16.9 Å². The Hall–Kier alpha value is -1.57. The van der Waals surface area contributed by atoms with Crippen LogP contribution in [0.5, 0.6) is 0 Å². The van der Waals surface area contributed by atoms with Crippen LogP contribution < -0.4 is 10.4 Å². The van der Waals surface area contributed by atoms with Crippen LogP contribution in [0.3, 0.4) is 0 Å².